The van der Waals surface area contributed by atoms with Crippen molar-refractivity contribution in [3.63, 3.8) is 0 Å². The van der Waals surface area contributed by atoms with Gasteiger partial charge in [0.05, 0.1) is 7.11 Å². The van der Waals surface area contributed by atoms with Crippen LogP contribution < -0.4 is 4.74 Å². The molecule has 0 spiro atoms. The third-order valence-electron chi connectivity index (χ3n) is 3.45. The number of ether oxygens (including phenoxy) is 1. The highest BCUT2D eigenvalue weighted by Crippen LogP contribution is 2.22. The lowest BCUT2D eigenvalue weighted by Gasteiger charge is -2.32. The summed E-state index contributed by atoms with van der Waals surface area (Å²) in [6, 6.07) is 4.02. The van der Waals surface area contributed by atoms with Crippen LogP contribution in [0.1, 0.15) is 24.8 Å². The zero-order chi connectivity index (χ0) is 13.8. The highest BCUT2D eigenvalue weighted by atomic mass is 19.1. The zero-order valence-electron chi connectivity index (χ0n) is 10.9. The van der Waals surface area contributed by atoms with Crippen LogP contribution in [0.3, 0.4) is 0 Å². The van der Waals surface area contributed by atoms with E-state index in [4.69, 9.17) is 4.74 Å². The Bertz CT molecular complexity index is 464. The number of benzene rings is 1. The first-order valence-corrected chi connectivity index (χ1v) is 6.40. The number of aliphatic carboxylic acids is 1. The minimum absolute atomic E-state index is 0.363. The van der Waals surface area contributed by atoms with Gasteiger partial charge in [-0.1, -0.05) is 6.42 Å². The standard InChI is InChI=1S/C14H18FNO3/c1-19-12-7-10(6-11(15)8-12)9-16-5-3-2-4-13(16)14(17)18/h6-8,13H,2-5,9H2,1H3,(H,17,18). The molecule has 1 unspecified atom stereocenters. The molecule has 4 nitrogen and oxygen atoms in total. The van der Waals surface area contributed by atoms with Crippen LogP contribution in [-0.4, -0.2) is 35.7 Å². The summed E-state index contributed by atoms with van der Waals surface area (Å²) < 4.78 is 18.4. The molecule has 1 aromatic carbocycles. The number of carboxylic acids is 1. The van der Waals surface area contributed by atoms with Crippen LogP contribution in [-0.2, 0) is 11.3 Å². The lowest BCUT2D eigenvalue weighted by Crippen LogP contribution is -2.44. The second kappa shape index (κ2) is 6.02. The van der Waals surface area contributed by atoms with E-state index in [1.54, 1.807) is 6.07 Å². The van der Waals surface area contributed by atoms with Gasteiger partial charge in [-0.3, -0.25) is 9.69 Å². The normalized spacial score (nSPS) is 20.2. The largest absolute Gasteiger partial charge is 0.497 e. The third kappa shape index (κ3) is 3.44. The molecule has 0 radical (unpaired) electrons. The Morgan fingerprint density at radius 1 is 1.47 bits per heavy atom. The van der Waals surface area contributed by atoms with Crippen LogP contribution in [0, 0.1) is 5.82 Å². The molecular weight excluding hydrogens is 249 g/mol. The summed E-state index contributed by atoms with van der Waals surface area (Å²) in [4.78, 5) is 13.1. The summed E-state index contributed by atoms with van der Waals surface area (Å²) >= 11 is 0. The smallest absolute Gasteiger partial charge is 0.320 e. The maximum absolute atomic E-state index is 13.4. The Morgan fingerprint density at radius 3 is 2.95 bits per heavy atom. The summed E-state index contributed by atoms with van der Waals surface area (Å²) in [6.45, 7) is 1.17. The SMILES string of the molecule is COc1cc(F)cc(CN2CCCCC2C(=O)O)c1. The lowest BCUT2D eigenvalue weighted by molar-refractivity contribution is -0.144. The van der Waals surface area contributed by atoms with Crippen LogP contribution in [0.5, 0.6) is 5.75 Å². The van der Waals surface area contributed by atoms with E-state index in [1.807, 2.05) is 4.90 Å². The number of carboxylic acid groups (broad SMARTS) is 1. The summed E-state index contributed by atoms with van der Waals surface area (Å²) in [5.41, 5.74) is 0.741. The van der Waals surface area contributed by atoms with Gasteiger partial charge >= 0.3 is 5.97 Å². The minimum Gasteiger partial charge on any atom is -0.497 e. The molecule has 104 valence electrons. The molecular formula is C14H18FNO3. The number of piperidine rings is 1. The van der Waals surface area contributed by atoms with Crippen LogP contribution in [0.4, 0.5) is 4.39 Å². The van der Waals surface area contributed by atoms with Crippen molar-refractivity contribution in [1.29, 1.82) is 0 Å². The van der Waals surface area contributed by atoms with E-state index in [-0.39, 0.29) is 5.82 Å². The Hall–Kier alpha value is -1.62. The Kier molecular flexibility index (Phi) is 4.37. The van der Waals surface area contributed by atoms with Gasteiger partial charge in [0.2, 0.25) is 0 Å². The number of nitrogens with zero attached hydrogens (tertiary/aromatic N) is 1. The molecule has 0 saturated carbocycles. The first-order chi connectivity index (χ1) is 9.10. The highest BCUT2D eigenvalue weighted by molar-refractivity contribution is 5.73. The number of methoxy groups -OCH3 is 1. The van der Waals surface area contributed by atoms with Gasteiger partial charge in [-0.2, -0.15) is 0 Å². The van der Waals surface area contributed by atoms with Crippen molar-refractivity contribution in [2.45, 2.75) is 31.8 Å². The topological polar surface area (TPSA) is 49.8 Å². The van der Waals surface area contributed by atoms with Crippen molar-refractivity contribution in [1.82, 2.24) is 4.90 Å². The van der Waals surface area contributed by atoms with Gasteiger partial charge in [0.1, 0.15) is 17.6 Å². The van der Waals surface area contributed by atoms with E-state index in [1.165, 1.54) is 19.2 Å². The number of rotatable bonds is 4. The molecule has 1 fully saturated rings. The van der Waals surface area contributed by atoms with E-state index < -0.39 is 12.0 Å². The van der Waals surface area contributed by atoms with Crippen molar-refractivity contribution >= 4 is 5.97 Å². The molecule has 1 aliphatic heterocycles. The average molecular weight is 267 g/mol. The highest BCUT2D eigenvalue weighted by Gasteiger charge is 2.28. The number of carbonyl (C=O) groups is 1. The molecule has 5 heteroatoms. The van der Waals surface area contributed by atoms with E-state index in [0.717, 1.165) is 24.9 Å². The molecule has 0 bridgehead atoms. The van der Waals surface area contributed by atoms with E-state index >= 15 is 0 Å². The molecule has 0 aliphatic carbocycles. The number of halogens is 1. The van der Waals surface area contributed by atoms with Crippen LogP contribution in [0.2, 0.25) is 0 Å². The maximum Gasteiger partial charge on any atom is 0.320 e. The molecule has 1 saturated heterocycles. The third-order valence-corrected chi connectivity index (χ3v) is 3.45. The number of hydrogen-bond acceptors (Lipinski definition) is 3. The van der Waals surface area contributed by atoms with Crippen molar-refractivity contribution in [2.75, 3.05) is 13.7 Å². The molecule has 2 rings (SSSR count). The number of likely N-dealkylation sites (tertiary alicyclic amines) is 1. The zero-order valence-corrected chi connectivity index (χ0v) is 10.9. The van der Waals surface area contributed by atoms with E-state index in [0.29, 0.717) is 18.7 Å². The maximum atomic E-state index is 13.4. The fourth-order valence-electron chi connectivity index (χ4n) is 2.52. The van der Waals surface area contributed by atoms with Crippen molar-refractivity contribution < 1.29 is 19.0 Å². The van der Waals surface area contributed by atoms with Crippen molar-refractivity contribution in [3.05, 3.63) is 29.6 Å². The summed E-state index contributed by atoms with van der Waals surface area (Å²) in [5, 5.41) is 9.20. The predicted molar refractivity (Wildman–Crippen MR) is 68.6 cm³/mol. The van der Waals surface area contributed by atoms with Crippen LogP contribution >= 0.6 is 0 Å². The molecule has 0 aromatic heterocycles. The van der Waals surface area contributed by atoms with Crippen molar-refractivity contribution in [2.24, 2.45) is 0 Å². The second-order valence-corrected chi connectivity index (χ2v) is 4.82. The Labute approximate surface area is 111 Å². The molecule has 0 amide bonds. The van der Waals surface area contributed by atoms with Gasteiger partial charge < -0.3 is 9.84 Å². The quantitative estimate of drug-likeness (QED) is 0.909. The van der Waals surface area contributed by atoms with Crippen LogP contribution in [0.15, 0.2) is 18.2 Å². The van der Waals surface area contributed by atoms with Gasteiger partial charge in [0, 0.05) is 12.6 Å². The molecule has 1 aliphatic rings. The van der Waals surface area contributed by atoms with E-state index in [9.17, 15) is 14.3 Å². The van der Waals surface area contributed by atoms with Gasteiger partial charge in [0.25, 0.3) is 0 Å². The Morgan fingerprint density at radius 2 is 2.26 bits per heavy atom. The first-order valence-electron chi connectivity index (χ1n) is 6.40. The Balaban J connectivity index is 2.14. The minimum atomic E-state index is -0.803. The first kappa shape index (κ1) is 13.8. The summed E-state index contributed by atoms with van der Waals surface area (Å²) in [6.07, 6.45) is 2.57. The summed E-state index contributed by atoms with van der Waals surface area (Å²) in [7, 11) is 1.49. The summed E-state index contributed by atoms with van der Waals surface area (Å²) in [5.74, 6) is -0.708. The molecule has 1 heterocycles. The van der Waals surface area contributed by atoms with E-state index in [2.05, 4.69) is 0 Å². The molecule has 19 heavy (non-hydrogen) atoms. The van der Waals surface area contributed by atoms with Crippen LogP contribution in [0.25, 0.3) is 0 Å². The van der Waals surface area contributed by atoms with Gasteiger partial charge in [-0.05, 0) is 37.1 Å². The molecule has 1 N–H and O–H groups in total. The predicted octanol–water partition coefficient (Wildman–Crippen LogP) is 2.27. The fourth-order valence-corrected chi connectivity index (χ4v) is 2.52. The van der Waals surface area contributed by atoms with Crippen molar-refractivity contribution in [3.8, 4) is 5.75 Å². The lowest BCUT2D eigenvalue weighted by atomic mass is 10.0. The monoisotopic (exact) mass is 267 g/mol. The fraction of sp³-hybridized carbons (Fsp3) is 0.500. The molecule has 1 aromatic rings. The van der Waals surface area contributed by atoms with Gasteiger partial charge in [-0.15, -0.1) is 0 Å². The van der Waals surface area contributed by atoms with Gasteiger partial charge in [0.15, 0.2) is 0 Å². The number of hydrogen-bond donors (Lipinski definition) is 1. The second-order valence-electron chi connectivity index (χ2n) is 4.82. The van der Waals surface area contributed by atoms with Gasteiger partial charge in [-0.25, -0.2) is 4.39 Å². The molecule has 1 atom stereocenters. The average Bonchev–Trinajstić information content (AvgIpc) is 2.38.